The highest BCUT2D eigenvalue weighted by molar-refractivity contribution is 7.13. The molecule has 29 heavy (non-hydrogen) atoms. The summed E-state index contributed by atoms with van der Waals surface area (Å²) < 4.78 is 5.58. The Balaban J connectivity index is 1.58. The summed E-state index contributed by atoms with van der Waals surface area (Å²) >= 11 is 1.62. The average Bonchev–Trinajstić information content (AvgIpc) is 3.45. The maximum absolute atomic E-state index is 5.58. The van der Waals surface area contributed by atoms with Gasteiger partial charge in [-0.1, -0.05) is 50.2 Å². The molecule has 2 N–H and O–H groups in total. The zero-order valence-electron chi connectivity index (χ0n) is 17.3. The topological polar surface area (TPSA) is 65.7 Å². The molecule has 0 aliphatic carbocycles. The molecule has 0 saturated heterocycles. The number of aromatic nitrogens is 1. The second-order valence-corrected chi connectivity index (χ2v) is 7.52. The number of likely N-dealkylation sites (N-methyl/N-ethyl adjacent to an activating group) is 1. The van der Waals surface area contributed by atoms with E-state index in [-0.39, 0.29) is 6.04 Å². The molecule has 1 aromatic carbocycles. The Morgan fingerprint density at radius 2 is 1.93 bits per heavy atom. The molecule has 0 radical (unpaired) electrons. The van der Waals surface area contributed by atoms with Crippen LogP contribution in [0.15, 0.2) is 63.5 Å². The SMILES string of the molecule is CCN(CC)C(CNC(=NC)NCc1coc(-c2cccs2)n1)c1ccccc1. The summed E-state index contributed by atoms with van der Waals surface area (Å²) in [6.07, 6.45) is 1.69. The number of nitrogens with one attached hydrogen (secondary N) is 2. The van der Waals surface area contributed by atoms with Crippen LogP contribution in [-0.4, -0.2) is 42.5 Å². The maximum atomic E-state index is 5.58. The minimum absolute atomic E-state index is 0.280. The van der Waals surface area contributed by atoms with Gasteiger partial charge in [0.1, 0.15) is 6.26 Å². The van der Waals surface area contributed by atoms with Gasteiger partial charge in [0.25, 0.3) is 0 Å². The molecule has 1 unspecified atom stereocenters. The fourth-order valence-electron chi connectivity index (χ4n) is 3.29. The number of hydrogen-bond donors (Lipinski definition) is 2. The van der Waals surface area contributed by atoms with Gasteiger partial charge in [-0.25, -0.2) is 4.98 Å². The van der Waals surface area contributed by atoms with Crippen LogP contribution in [0.25, 0.3) is 10.8 Å². The van der Waals surface area contributed by atoms with E-state index in [9.17, 15) is 0 Å². The molecule has 0 bridgehead atoms. The molecule has 3 aromatic rings. The van der Waals surface area contributed by atoms with Crippen molar-refractivity contribution in [2.75, 3.05) is 26.7 Å². The molecule has 2 heterocycles. The van der Waals surface area contributed by atoms with Gasteiger partial charge in [0.05, 0.1) is 23.2 Å². The number of rotatable bonds is 9. The highest BCUT2D eigenvalue weighted by Gasteiger charge is 2.18. The van der Waals surface area contributed by atoms with E-state index < -0.39 is 0 Å². The van der Waals surface area contributed by atoms with Gasteiger partial charge in [0, 0.05) is 13.6 Å². The molecule has 7 heteroatoms. The van der Waals surface area contributed by atoms with Crippen molar-refractivity contribution in [3.63, 3.8) is 0 Å². The number of hydrogen-bond acceptors (Lipinski definition) is 5. The molecular formula is C22H29N5OS. The van der Waals surface area contributed by atoms with E-state index >= 15 is 0 Å². The zero-order valence-corrected chi connectivity index (χ0v) is 18.1. The van der Waals surface area contributed by atoms with Gasteiger partial charge in [-0.2, -0.15) is 0 Å². The monoisotopic (exact) mass is 411 g/mol. The van der Waals surface area contributed by atoms with E-state index in [0.29, 0.717) is 12.4 Å². The minimum Gasteiger partial charge on any atom is -0.443 e. The number of oxazole rings is 1. The number of aliphatic imine (C=N–C) groups is 1. The first-order valence-electron chi connectivity index (χ1n) is 9.96. The first kappa shape index (κ1) is 21.1. The van der Waals surface area contributed by atoms with Gasteiger partial charge in [0.2, 0.25) is 5.89 Å². The lowest BCUT2D eigenvalue weighted by Crippen LogP contribution is -2.43. The number of benzene rings is 1. The second-order valence-electron chi connectivity index (χ2n) is 6.58. The summed E-state index contributed by atoms with van der Waals surface area (Å²) in [7, 11) is 1.78. The third-order valence-electron chi connectivity index (χ3n) is 4.84. The van der Waals surface area contributed by atoms with Gasteiger partial charge in [-0.05, 0) is 30.1 Å². The molecule has 1 atom stereocenters. The molecule has 6 nitrogen and oxygen atoms in total. The van der Waals surface area contributed by atoms with E-state index in [1.807, 2.05) is 17.5 Å². The summed E-state index contributed by atoms with van der Waals surface area (Å²) in [5.41, 5.74) is 2.15. The van der Waals surface area contributed by atoms with E-state index in [2.05, 4.69) is 69.7 Å². The first-order chi connectivity index (χ1) is 14.2. The van der Waals surface area contributed by atoms with Gasteiger partial charge < -0.3 is 15.1 Å². The van der Waals surface area contributed by atoms with Gasteiger partial charge in [-0.3, -0.25) is 9.89 Å². The lowest BCUT2D eigenvalue weighted by molar-refractivity contribution is 0.219. The van der Waals surface area contributed by atoms with Crippen LogP contribution in [0.2, 0.25) is 0 Å². The molecule has 154 valence electrons. The molecule has 2 aromatic heterocycles. The van der Waals surface area contributed by atoms with E-state index in [0.717, 1.165) is 36.2 Å². The molecular weight excluding hydrogens is 382 g/mol. The van der Waals surface area contributed by atoms with Gasteiger partial charge >= 0.3 is 0 Å². The van der Waals surface area contributed by atoms with Crippen molar-refractivity contribution in [1.29, 1.82) is 0 Å². The minimum atomic E-state index is 0.280. The standard InChI is InChI=1S/C22H29N5OS/c1-4-27(5-2)19(17-10-7-6-8-11-17)15-25-22(23-3)24-14-18-16-28-21(26-18)20-12-9-13-29-20/h6-13,16,19H,4-5,14-15H2,1-3H3,(H2,23,24,25). The van der Waals surface area contributed by atoms with Crippen molar-refractivity contribution in [2.45, 2.75) is 26.4 Å². The normalized spacial score (nSPS) is 12.9. The molecule has 0 saturated carbocycles. The lowest BCUT2D eigenvalue weighted by Gasteiger charge is -2.30. The Hall–Kier alpha value is -2.64. The average molecular weight is 412 g/mol. The Morgan fingerprint density at radius 3 is 2.59 bits per heavy atom. The second kappa shape index (κ2) is 10.8. The fraction of sp³-hybridized carbons (Fsp3) is 0.364. The molecule has 0 aliphatic rings. The highest BCUT2D eigenvalue weighted by atomic mass is 32.1. The first-order valence-corrected chi connectivity index (χ1v) is 10.8. The van der Waals surface area contributed by atoms with Crippen molar-refractivity contribution >= 4 is 17.3 Å². The van der Waals surface area contributed by atoms with E-state index in [1.54, 1.807) is 24.6 Å². The van der Waals surface area contributed by atoms with Crippen LogP contribution < -0.4 is 10.6 Å². The zero-order chi connectivity index (χ0) is 20.5. The Labute approximate surface area is 176 Å². The van der Waals surface area contributed by atoms with Crippen molar-refractivity contribution in [1.82, 2.24) is 20.5 Å². The van der Waals surface area contributed by atoms with Crippen LogP contribution in [0, 0.1) is 0 Å². The molecule has 0 amide bonds. The van der Waals surface area contributed by atoms with Crippen LogP contribution >= 0.6 is 11.3 Å². The Kier molecular flexibility index (Phi) is 7.84. The smallest absolute Gasteiger partial charge is 0.236 e. The van der Waals surface area contributed by atoms with Crippen molar-refractivity contribution < 1.29 is 4.42 Å². The van der Waals surface area contributed by atoms with Crippen LogP contribution in [0.5, 0.6) is 0 Å². The summed E-state index contributed by atoms with van der Waals surface area (Å²) in [6, 6.07) is 14.9. The van der Waals surface area contributed by atoms with E-state index in [4.69, 9.17) is 4.42 Å². The van der Waals surface area contributed by atoms with Gasteiger partial charge in [-0.15, -0.1) is 11.3 Å². The number of nitrogens with zero attached hydrogens (tertiary/aromatic N) is 3. The summed E-state index contributed by atoms with van der Waals surface area (Å²) in [4.78, 5) is 12.4. The molecule has 0 spiro atoms. The molecule has 0 fully saturated rings. The van der Waals surface area contributed by atoms with E-state index in [1.165, 1.54) is 5.56 Å². The van der Waals surface area contributed by atoms with Crippen LogP contribution in [0.1, 0.15) is 31.1 Å². The molecule has 3 rings (SSSR count). The summed E-state index contributed by atoms with van der Waals surface area (Å²) in [5, 5.41) is 8.81. The lowest BCUT2D eigenvalue weighted by atomic mass is 10.1. The van der Waals surface area contributed by atoms with Crippen LogP contribution in [0.4, 0.5) is 0 Å². The predicted molar refractivity (Wildman–Crippen MR) is 120 cm³/mol. The van der Waals surface area contributed by atoms with Crippen molar-refractivity contribution in [3.8, 4) is 10.8 Å². The third-order valence-corrected chi connectivity index (χ3v) is 5.70. The van der Waals surface area contributed by atoms with Crippen LogP contribution in [0.3, 0.4) is 0 Å². The predicted octanol–water partition coefficient (Wildman–Crippen LogP) is 4.15. The Morgan fingerprint density at radius 1 is 1.14 bits per heavy atom. The third kappa shape index (κ3) is 5.68. The largest absolute Gasteiger partial charge is 0.443 e. The fourth-order valence-corrected chi connectivity index (χ4v) is 3.94. The van der Waals surface area contributed by atoms with Crippen molar-refractivity contribution in [2.24, 2.45) is 4.99 Å². The summed E-state index contributed by atoms with van der Waals surface area (Å²) in [5.74, 6) is 1.41. The maximum Gasteiger partial charge on any atom is 0.236 e. The van der Waals surface area contributed by atoms with Gasteiger partial charge in [0.15, 0.2) is 5.96 Å². The highest BCUT2D eigenvalue weighted by Crippen LogP contribution is 2.23. The molecule has 0 aliphatic heterocycles. The van der Waals surface area contributed by atoms with Crippen molar-refractivity contribution in [3.05, 3.63) is 65.4 Å². The number of thiophene rings is 1. The summed E-state index contributed by atoms with van der Waals surface area (Å²) in [6.45, 7) is 7.70. The quantitative estimate of drug-likeness (QED) is 0.409. The van der Waals surface area contributed by atoms with Crippen LogP contribution in [-0.2, 0) is 6.54 Å². The number of guanidine groups is 1. The Bertz CT molecular complexity index is 872.